The van der Waals surface area contributed by atoms with E-state index in [9.17, 15) is 4.79 Å². The molecule has 0 saturated carbocycles. The van der Waals surface area contributed by atoms with Gasteiger partial charge in [0.25, 0.3) is 5.91 Å². The highest BCUT2D eigenvalue weighted by Crippen LogP contribution is 2.24. The zero-order valence-corrected chi connectivity index (χ0v) is 16.2. The van der Waals surface area contributed by atoms with Crippen LogP contribution in [-0.2, 0) is 11.2 Å². The van der Waals surface area contributed by atoms with Crippen LogP contribution in [0.15, 0.2) is 72.8 Å². The van der Waals surface area contributed by atoms with Gasteiger partial charge in [0.2, 0.25) is 0 Å². The topological polar surface area (TPSA) is 64.9 Å². The van der Waals surface area contributed by atoms with Gasteiger partial charge in [0.15, 0.2) is 0 Å². The molecule has 3 aromatic rings. The number of carbonyl (C=O) groups is 1. The lowest BCUT2D eigenvalue weighted by molar-refractivity contribution is -0.117. The molecule has 0 unspecified atom stereocenters. The Morgan fingerprint density at radius 1 is 1.04 bits per heavy atom. The second kappa shape index (κ2) is 9.07. The predicted molar refractivity (Wildman–Crippen MR) is 113 cm³/mol. The second-order valence-corrected chi connectivity index (χ2v) is 6.88. The van der Waals surface area contributed by atoms with Crippen molar-refractivity contribution in [2.75, 3.05) is 10.6 Å². The number of halogens is 1. The number of hydrogen-bond acceptors (Lipinski definition) is 3. The van der Waals surface area contributed by atoms with E-state index >= 15 is 0 Å². The Bertz CT molecular complexity index is 995. The van der Waals surface area contributed by atoms with Crippen LogP contribution in [0.25, 0.3) is 0 Å². The van der Waals surface area contributed by atoms with E-state index in [1.54, 1.807) is 6.07 Å². The molecule has 3 rings (SSSR count). The molecule has 0 aromatic heterocycles. The van der Waals surface area contributed by atoms with Crippen molar-refractivity contribution in [1.82, 2.24) is 0 Å². The quantitative estimate of drug-likeness (QED) is 0.584. The summed E-state index contributed by atoms with van der Waals surface area (Å²) in [5.74, 6) is -0.188. The number of amides is 1. The summed E-state index contributed by atoms with van der Waals surface area (Å²) < 4.78 is 0. The van der Waals surface area contributed by atoms with Crippen LogP contribution < -0.4 is 10.6 Å². The first-order valence-corrected chi connectivity index (χ1v) is 9.29. The van der Waals surface area contributed by atoms with E-state index in [2.05, 4.69) is 16.7 Å². The highest BCUT2D eigenvalue weighted by molar-refractivity contribution is 6.31. The minimum atomic E-state index is -0.580. The zero-order chi connectivity index (χ0) is 19.9. The summed E-state index contributed by atoms with van der Waals surface area (Å²) >= 11 is 6.17. The molecule has 140 valence electrons. The first kappa shape index (κ1) is 19.5. The summed E-state index contributed by atoms with van der Waals surface area (Å²) in [6.07, 6.45) is 0.358. The monoisotopic (exact) mass is 389 g/mol. The molecule has 1 atom stereocenters. The minimum Gasteiger partial charge on any atom is -0.370 e. The van der Waals surface area contributed by atoms with Gasteiger partial charge in [-0.1, -0.05) is 60.1 Å². The normalized spacial score (nSPS) is 11.3. The molecule has 0 spiro atoms. The molecule has 0 fully saturated rings. The van der Waals surface area contributed by atoms with E-state index in [-0.39, 0.29) is 5.91 Å². The van der Waals surface area contributed by atoms with Gasteiger partial charge in [-0.05, 0) is 47.9 Å². The Labute approximate surface area is 169 Å². The first-order chi connectivity index (χ1) is 13.6. The van der Waals surface area contributed by atoms with E-state index < -0.39 is 6.04 Å². The summed E-state index contributed by atoms with van der Waals surface area (Å²) in [5, 5.41) is 15.6. The number of benzene rings is 3. The SMILES string of the molecule is Cc1ccc(NC(=O)[C@H](Nc2ccc(CC#N)cc2)c2ccccc2)cc1Cl. The van der Waals surface area contributed by atoms with Crippen LogP contribution in [0.1, 0.15) is 22.7 Å². The summed E-state index contributed by atoms with van der Waals surface area (Å²) in [4.78, 5) is 13.0. The molecule has 3 aromatic carbocycles. The van der Waals surface area contributed by atoms with Crippen LogP contribution in [-0.4, -0.2) is 5.91 Å². The molecule has 0 aliphatic rings. The number of aryl methyl sites for hydroxylation is 1. The van der Waals surface area contributed by atoms with Crippen LogP contribution in [0.3, 0.4) is 0 Å². The lowest BCUT2D eigenvalue weighted by atomic mass is 10.0. The lowest BCUT2D eigenvalue weighted by Gasteiger charge is -2.20. The molecule has 28 heavy (non-hydrogen) atoms. The fourth-order valence-corrected chi connectivity index (χ4v) is 2.99. The lowest BCUT2D eigenvalue weighted by Crippen LogP contribution is -2.27. The van der Waals surface area contributed by atoms with Crippen LogP contribution in [0.4, 0.5) is 11.4 Å². The van der Waals surface area contributed by atoms with E-state index in [1.165, 1.54) is 0 Å². The molecule has 0 radical (unpaired) electrons. The van der Waals surface area contributed by atoms with Crippen molar-refractivity contribution >= 4 is 28.9 Å². The third kappa shape index (κ3) is 4.91. The van der Waals surface area contributed by atoms with Crippen molar-refractivity contribution in [2.24, 2.45) is 0 Å². The Morgan fingerprint density at radius 2 is 1.71 bits per heavy atom. The number of anilines is 2. The number of nitriles is 1. The van der Waals surface area contributed by atoms with Crippen molar-refractivity contribution in [3.63, 3.8) is 0 Å². The Hall–Kier alpha value is -3.29. The fraction of sp³-hybridized carbons (Fsp3) is 0.130. The van der Waals surface area contributed by atoms with Gasteiger partial charge in [-0.2, -0.15) is 5.26 Å². The average Bonchev–Trinajstić information content (AvgIpc) is 2.71. The molecule has 4 nitrogen and oxygen atoms in total. The molecule has 0 saturated heterocycles. The minimum absolute atomic E-state index is 0.188. The van der Waals surface area contributed by atoms with E-state index in [1.807, 2.05) is 73.7 Å². The maximum Gasteiger partial charge on any atom is 0.251 e. The van der Waals surface area contributed by atoms with Gasteiger partial charge in [0.05, 0.1) is 12.5 Å². The summed E-state index contributed by atoms with van der Waals surface area (Å²) in [5.41, 5.74) is 4.18. The predicted octanol–water partition coefficient (Wildman–Crippen LogP) is 5.51. The fourth-order valence-electron chi connectivity index (χ4n) is 2.81. The van der Waals surface area contributed by atoms with Crippen molar-refractivity contribution in [3.05, 3.63) is 94.5 Å². The van der Waals surface area contributed by atoms with E-state index in [0.717, 1.165) is 22.4 Å². The van der Waals surface area contributed by atoms with Gasteiger partial charge < -0.3 is 10.6 Å². The molecular formula is C23H20ClN3O. The average molecular weight is 390 g/mol. The van der Waals surface area contributed by atoms with Crippen molar-refractivity contribution in [1.29, 1.82) is 5.26 Å². The van der Waals surface area contributed by atoms with Gasteiger partial charge in [-0.15, -0.1) is 0 Å². The van der Waals surface area contributed by atoms with Crippen LogP contribution >= 0.6 is 11.6 Å². The number of rotatable bonds is 6. The maximum absolute atomic E-state index is 13.0. The zero-order valence-electron chi connectivity index (χ0n) is 15.4. The van der Waals surface area contributed by atoms with Gasteiger partial charge in [0, 0.05) is 16.4 Å². The van der Waals surface area contributed by atoms with Crippen molar-refractivity contribution in [2.45, 2.75) is 19.4 Å². The number of nitrogens with one attached hydrogen (secondary N) is 2. The highest BCUT2D eigenvalue weighted by Gasteiger charge is 2.21. The Kier molecular flexibility index (Phi) is 6.31. The molecule has 1 amide bonds. The standard InChI is InChI=1S/C23H20ClN3O/c1-16-7-10-20(15-21(16)24)27-23(28)22(18-5-3-2-4-6-18)26-19-11-8-17(9-12-19)13-14-25/h2-12,15,22,26H,13H2,1H3,(H,27,28)/t22-/m1/s1. The number of nitrogens with zero attached hydrogens (tertiary/aromatic N) is 1. The largest absolute Gasteiger partial charge is 0.370 e. The number of carbonyl (C=O) groups excluding carboxylic acids is 1. The van der Waals surface area contributed by atoms with E-state index in [0.29, 0.717) is 17.1 Å². The first-order valence-electron chi connectivity index (χ1n) is 8.91. The van der Waals surface area contributed by atoms with Gasteiger partial charge in [0.1, 0.15) is 6.04 Å². The van der Waals surface area contributed by atoms with Gasteiger partial charge >= 0.3 is 0 Å². The van der Waals surface area contributed by atoms with Crippen LogP contribution in [0.5, 0.6) is 0 Å². The summed E-state index contributed by atoms with van der Waals surface area (Å²) in [6, 6.07) is 24.0. The van der Waals surface area contributed by atoms with Gasteiger partial charge in [-0.25, -0.2) is 0 Å². The van der Waals surface area contributed by atoms with Crippen LogP contribution in [0, 0.1) is 18.3 Å². The third-order valence-corrected chi connectivity index (χ3v) is 4.79. The summed E-state index contributed by atoms with van der Waals surface area (Å²) in [6.45, 7) is 1.91. The maximum atomic E-state index is 13.0. The smallest absolute Gasteiger partial charge is 0.251 e. The molecule has 0 aliphatic carbocycles. The molecule has 0 aliphatic heterocycles. The molecule has 0 heterocycles. The second-order valence-electron chi connectivity index (χ2n) is 6.47. The Balaban J connectivity index is 1.83. The Morgan fingerprint density at radius 3 is 2.36 bits per heavy atom. The molecule has 0 bridgehead atoms. The van der Waals surface area contributed by atoms with Crippen molar-refractivity contribution in [3.8, 4) is 6.07 Å². The van der Waals surface area contributed by atoms with Crippen molar-refractivity contribution < 1.29 is 4.79 Å². The summed E-state index contributed by atoms with van der Waals surface area (Å²) in [7, 11) is 0. The van der Waals surface area contributed by atoms with Gasteiger partial charge in [-0.3, -0.25) is 4.79 Å². The number of hydrogen-bond donors (Lipinski definition) is 2. The molecule has 5 heteroatoms. The molecular weight excluding hydrogens is 370 g/mol. The van der Waals surface area contributed by atoms with Crippen LogP contribution in [0.2, 0.25) is 5.02 Å². The molecule has 2 N–H and O–H groups in total. The third-order valence-electron chi connectivity index (χ3n) is 4.38. The highest BCUT2D eigenvalue weighted by atomic mass is 35.5. The van der Waals surface area contributed by atoms with E-state index in [4.69, 9.17) is 16.9 Å².